The van der Waals surface area contributed by atoms with Gasteiger partial charge in [0.1, 0.15) is 0 Å². The van der Waals surface area contributed by atoms with E-state index in [0.29, 0.717) is 5.69 Å². The topological polar surface area (TPSA) is 75.1 Å². The number of aliphatic hydroxyl groups is 1. The van der Waals surface area contributed by atoms with Crippen molar-refractivity contribution in [3.8, 4) is 0 Å². The van der Waals surface area contributed by atoms with Gasteiger partial charge in [0.15, 0.2) is 0 Å². The number of para-hydroxylation sites is 2. The number of aliphatic hydroxyl groups excluding tert-OH is 1. The van der Waals surface area contributed by atoms with Crippen molar-refractivity contribution in [3.05, 3.63) is 77.6 Å². The molecule has 1 heterocycles. The molecule has 0 aliphatic heterocycles. The van der Waals surface area contributed by atoms with E-state index in [0.717, 1.165) is 23.0 Å². The predicted molar refractivity (Wildman–Crippen MR) is 102 cm³/mol. The van der Waals surface area contributed by atoms with Crippen molar-refractivity contribution in [1.82, 2.24) is 15.3 Å². The summed E-state index contributed by atoms with van der Waals surface area (Å²) in [6.07, 6.45) is 5.59. The highest BCUT2D eigenvalue weighted by atomic mass is 16.3. The Kier molecular flexibility index (Phi) is 5.71. The van der Waals surface area contributed by atoms with Crippen LogP contribution >= 0.6 is 0 Å². The Bertz CT molecular complexity index is 920. The molecule has 3 aromatic rings. The summed E-state index contributed by atoms with van der Waals surface area (Å²) in [5, 5.41) is 12.4. The number of nitrogens with one attached hydrogen (secondary N) is 1. The first-order valence-corrected chi connectivity index (χ1v) is 8.59. The van der Waals surface area contributed by atoms with Crippen LogP contribution in [0.25, 0.3) is 17.1 Å². The fraction of sp³-hybridized carbons (Fsp3) is 0.190. The molecule has 3 rings (SSSR count). The van der Waals surface area contributed by atoms with E-state index in [2.05, 4.69) is 22.2 Å². The van der Waals surface area contributed by atoms with Gasteiger partial charge in [0.2, 0.25) is 5.91 Å². The van der Waals surface area contributed by atoms with E-state index in [1.165, 1.54) is 11.6 Å². The van der Waals surface area contributed by atoms with Gasteiger partial charge in [-0.2, -0.15) is 0 Å². The van der Waals surface area contributed by atoms with Gasteiger partial charge in [0.25, 0.3) is 0 Å². The fourth-order valence-corrected chi connectivity index (χ4v) is 2.65. The van der Waals surface area contributed by atoms with Crippen molar-refractivity contribution >= 4 is 23.0 Å². The number of aryl methyl sites for hydroxylation is 1. The van der Waals surface area contributed by atoms with Gasteiger partial charge in [-0.15, -0.1) is 0 Å². The minimum absolute atomic E-state index is 0.166. The summed E-state index contributed by atoms with van der Waals surface area (Å²) < 4.78 is 0. The third kappa shape index (κ3) is 4.32. The van der Waals surface area contributed by atoms with E-state index in [1.54, 1.807) is 12.3 Å². The Morgan fingerprint density at radius 3 is 2.58 bits per heavy atom. The van der Waals surface area contributed by atoms with Gasteiger partial charge in [-0.1, -0.05) is 43.3 Å². The zero-order valence-electron chi connectivity index (χ0n) is 14.6. The Hall–Kier alpha value is -3.05. The van der Waals surface area contributed by atoms with Crippen LogP contribution in [0.5, 0.6) is 0 Å². The number of hydrogen-bond acceptors (Lipinski definition) is 4. The van der Waals surface area contributed by atoms with Crippen molar-refractivity contribution in [2.45, 2.75) is 19.4 Å². The van der Waals surface area contributed by atoms with Gasteiger partial charge in [0, 0.05) is 6.08 Å². The molecule has 1 atom stereocenters. The molecule has 0 radical (unpaired) electrons. The quantitative estimate of drug-likeness (QED) is 0.672. The van der Waals surface area contributed by atoms with Gasteiger partial charge in [-0.25, -0.2) is 4.98 Å². The number of benzene rings is 2. The lowest BCUT2D eigenvalue weighted by atomic mass is 10.0. The number of carbonyl (C=O) groups excluding carboxylic acids is 1. The molecule has 0 bridgehead atoms. The SMILES string of the molecule is CCc1ccc(C(CO)NC(=O)/C=C/c2cnc3ccccc3n2)cc1. The van der Waals surface area contributed by atoms with Crippen LogP contribution < -0.4 is 5.32 Å². The predicted octanol–water partition coefficient (Wildman–Crippen LogP) is 3.06. The number of nitrogens with zero attached hydrogens (tertiary/aromatic N) is 2. The zero-order valence-corrected chi connectivity index (χ0v) is 14.6. The van der Waals surface area contributed by atoms with Crippen LogP contribution in [0.1, 0.15) is 29.8 Å². The largest absolute Gasteiger partial charge is 0.394 e. The summed E-state index contributed by atoms with van der Waals surface area (Å²) in [7, 11) is 0. The molecule has 0 saturated heterocycles. The lowest BCUT2D eigenvalue weighted by Crippen LogP contribution is -2.29. The highest BCUT2D eigenvalue weighted by Crippen LogP contribution is 2.14. The summed E-state index contributed by atoms with van der Waals surface area (Å²) in [4.78, 5) is 20.9. The molecule has 1 aromatic heterocycles. The molecule has 132 valence electrons. The average molecular weight is 347 g/mol. The highest BCUT2D eigenvalue weighted by molar-refractivity contribution is 5.92. The van der Waals surface area contributed by atoms with Crippen molar-refractivity contribution in [3.63, 3.8) is 0 Å². The Balaban J connectivity index is 1.68. The molecule has 1 amide bonds. The maximum atomic E-state index is 12.2. The van der Waals surface area contributed by atoms with Crippen LogP contribution in [0.2, 0.25) is 0 Å². The molecule has 0 spiro atoms. The number of amides is 1. The molecule has 26 heavy (non-hydrogen) atoms. The van der Waals surface area contributed by atoms with Crippen molar-refractivity contribution in [1.29, 1.82) is 0 Å². The second-order valence-electron chi connectivity index (χ2n) is 5.96. The van der Waals surface area contributed by atoms with E-state index in [1.807, 2.05) is 48.5 Å². The molecular formula is C21H21N3O2. The normalized spacial score (nSPS) is 12.4. The monoisotopic (exact) mass is 347 g/mol. The molecule has 0 aliphatic carbocycles. The van der Waals surface area contributed by atoms with E-state index < -0.39 is 6.04 Å². The Labute approximate surface area is 152 Å². The summed E-state index contributed by atoms with van der Waals surface area (Å²) in [5.74, 6) is -0.293. The third-order valence-electron chi connectivity index (χ3n) is 4.16. The van der Waals surface area contributed by atoms with Gasteiger partial charge < -0.3 is 10.4 Å². The van der Waals surface area contributed by atoms with Crippen LogP contribution in [-0.4, -0.2) is 27.6 Å². The first kappa shape index (κ1) is 17.8. The summed E-state index contributed by atoms with van der Waals surface area (Å²) in [6, 6.07) is 15.0. The smallest absolute Gasteiger partial charge is 0.244 e. The lowest BCUT2D eigenvalue weighted by molar-refractivity contribution is -0.117. The zero-order chi connectivity index (χ0) is 18.4. The molecular weight excluding hydrogens is 326 g/mol. The third-order valence-corrected chi connectivity index (χ3v) is 4.16. The molecule has 2 aromatic carbocycles. The molecule has 1 unspecified atom stereocenters. The average Bonchev–Trinajstić information content (AvgIpc) is 2.70. The second-order valence-corrected chi connectivity index (χ2v) is 5.96. The molecule has 0 saturated carbocycles. The van der Waals surface area contributed by atoms with Gasteiger partial charge in [-0.3, -0.25) is 9.78 Å². The summed E-state index contributed by atoms with van der Waals surface area (Å²) in [6.45, 7) is 1.92. The number of hydrogen-bond donors (Lipinski definition) is 2. The van der Waals surface area contributed by atoms with E-state index in [9.17, 15) is 9.90 Å². The highest BCUT2D eigenvalue weighted by Gasteiger charge is 2.12. The summed E-state index contributed by atoms with van der Waals surface area (Å²) in [5.41, 5.74) is 4.28. The molecule has 0 aliphatic rings. The second kappa shape index (κ2) is 8.36. The van der Waals surface area contributed by atoms with E-state index in [-0.39, 0.29) is 12.5 Å². The van der Waals surface area contributed by atoms with Gasteiger partial charge in [-0.05, 0) is 35.8 Å². The number of carbonyl (C=O) groups is 1. The van der Waals surface area contributed by atoms with Gasteiger partial charge >= 0.3 is 0 Å². The van der Waals surface area contributed by atoms with E-state index >= 15 is 0 Å². The van der Waals surface area contributed by atoms with Crippen LogP contribution in [0.15, 0.2) is 60.8 Å². The standard InChI is InChI=1S/C21H21N3O2/c1-2-15-7-9-16(10-8-15)20(14-25)24-21(26)12-11-17-13-22-18-5-3-4-6-19(18)23-17/h3-13,20,25H,2,14H2,1H3,(H,24,26)/b12-11+. The van der Waals surface area contributed by atoms with Crippen molar-refractivity contribution < 1.29 is 9.90 Å². The van der Waals surface area contributed by atoms with Gasteiger partial charge in [0.05, 0.1) is 35.6 Å². The number of rotatable bonds is 6. The van der Waals surface area contributed by atoms with E-state index in [4.69, 9.17) is 0 Å². The van der Waals surface area contributed by atoms with Crippen LogP contribution in [0, 0.1) is 0 Å². The van der Waals surface area contributed by atoms with Crippen molar-refractivity contribution in [2.24, 2.45) is 0 Å². The first-order chi connectivity index (χ1) is 12.7. The Morgan fingerprint density at radius 2 is 1.88 bits per heavy atom. The maximum absolute atomic E-state index is 12.2. The van der Waals surface area contributed by atoms with Crippen LogP contribution in [0.4, 0.5) is 0 Å². The minimum Gasteiger partial charge on any atom is -0.394 e. The lowest BCUT2D eigenvalue weighted by Gasteiger charge is -2.16. The molecule has 2 N–H and O–H groups in total. The molecule has 0 fully saturated rings. The van der Waals surface area contributed by atoms with Crippen LogP contribution in [0.3, 0.4) is 0 Å². The number of fused-ring (bicyclic) bond motifs is 1. The maximum Gasteiger partial charge on any atom is 0.244 e. The summed E-state index contributed by atoms with van der Waals surface area (Å²) >= 11 is 0. The fourth-order valence-electron chi connectivity index (χ4n) is 2.65. The molecule has 5 heteroatoms. The number of aromatic nitrogens is 2. The molecule has 5 nitrogen and oxygen atoms in total. The van der Waals surface area contributed by atoms with Crippen molar-refractivity contribution in [2.75, 3.05) is 6.61 Å². The minimum atomic E-state index is -0.444. The van der Waals surface area contributed by atoms with Crippen LogP contribution in [-0.2, 0) is 11.2 Å². The Morgan fingerprint density at radius 1 is 1.15 bits per heavy atom. The first-order valence-electron chi connectivity index (χ1n) is 8.59.